The maximum atomic E-state index is 11.5. The summed E-state index contributed by atoms with van der Waals surface area (Å²) in [4.78, 5) is 26.9. The minimum atomic E-state index is -0.530. The zero-order valence-electron chi connectivity index (χ0n) is 9.52. The van der Waals surface area contributed by atoms with E-state index in [1.807, 2.05) is 0 Å². The minimum absolute atomic E-state index is 0.0616. The van der Waals surface area contributed by atoms with Gasteiger partial charge in [0.15, 0.2) is 0 Å². The van der Waals surface area contributed by atoms with Crippen molar-refractivity contribution in [1.29, 1.82) is 0 Å². The molecule has 7 heteroatoms. The van der Waals surface area contributed by atoms with Gasteiger partial charge in [-0.25, -0.2) is 4.79 Å². The summed E-state index contributed by atoms with van der Waals surface area (Å²) in [7, 11) is 0. The van der Waals surface area contributed by atoms with E-state index in [1.54, 1.807) is 0 Å². The monoisotopic (exact) mass is 240 g/mol. The molecule has 1 aromatic rings. The lowest BCUT2D eigenvalue weighted by Gasteiger charge is -2.26. The molecule has 7 nitrogen and oxygen atoms in total. The molecule has 0 amide bonds. The van der Waals surface area contributed by atoms with Crippen LogP contribution in [0.2, 0.25) is 0 Å². The van der Waals surface area contributed by atoms with E-state index in [1.165, 1.54) is 10.8 Å². The predicted octanol–water partition coefficient (Wildman–Crippen LogP) is -1.55. The molecule has 0 aliphatic carbocycles. The molecule has 94 valence electrons. The topological polar surface area (TPSA) is 93.3 Å². The third-order valence-corrected chi connectivity index (χ3v) is 2.80. The van der Waals surface area contributed by atoms with Gasteiger partial charge < -0.3 is 10.5 Å². The Labute approximate surface area is 97.8 Å². The number of aromatic nitrogens is 2. The van der Waals surface area contributed by atoms with Crippen LogP contribution in [-0.4, -0.2) is 47.3 Å². The number of nitrogens with two attached hydrogens (primary N) is 1. The Morgan fingerprint density at radius 1 is 1.29 bits per heavy atom. The van der Waals surface area contributed by atoms with Crippen LogP contribution in [0, 0.1) is 0 Å². The van der Waals surface area contributed by atoms with Gasteiger partial charge in [-0.1, -0.05) is 0 Å². The second kappa shape index (κ2) is 5.15. The lowest BCUT2D eigenvalue weighted by Crippen LogP contribution is -2.40. The highest BCUT2D eigenvalue weighted by Crippen LogP contribution is 1.97. The van der Waals surface area contributed by atoms with Crippen LogP contribution in [0.1, 0.15) is 0 Å². The molecule has 0 bridgehead atoms. The first-order valence-electron chi connectivity index (χ1n) is 5.56. The maximum Gasteiger partial charge on any atom is 0.328 e. The molecule has 17 heavy (non-hydrogen) atoms. The molecule has 1 aromatic heterocycles. The van der Waals surface area contributed by atoms with Gasteiger partial charge in [0.05, 0.1) is 13.2 Å². The zero-order chi connectivity index (χ0) is 12.3. The molecule has 0 saturated carbocycles. The van der Waals surface area contributed by atoms with Crippen molar-refractivity contribution in [3.8, 4) is 0 Å². The average Bonchev–Trinajstić information content (AvgIpc) is 2.33. The molecule has 0 atom stereocenters. The van der Waals surface area contributed by atoms with E-state index in [2.05, 4.69) is 9.88 Å². The highest BCUT2D eigenvalue weighted by molar-refractivity contribution is 5.30. The fourth-order valence-electron chi connectivity index (χ4n) is 1.77. The zero-order valence-corrected chi connectivity index (χ0v) is 9.52. The Hall–Kier alpha value is -1.60. The van der Waals surface area contributed by atoms with Gasteiger partial charge in [0, 0.05) is 32.4 Å². The molecule has 1 aliphatic heterocycles. The SMILES string of the molecule is Nc1cn(CCN2CCOCC2)c(=O)[nH]c1=O. The number of H-pyrrole nitrogens is 1. The normalized spacial score (nSPS) is 17.2. The third-order valence-electron chi connectivity index (χ3n) is 2.80. The van der Waals surface area contributed by atoms with Gasteiger partial charge in [-0.2, -0.15) is 0 Å². The Morgan fingerprint density at radius 2 is 2.00 bits per heavy atom. The molecule has 0 radical (unpaired) electrons. The number of nitrogens with zero attached hydrogens (tertiary/aromatic N) is 2. The van der Waals surface area contributed by atoms with Crippen LogP contribution in [0.4, 0.5) is 5.69 Å². The first-order chi connectivity index (χ1) is 8.16. The molecule has 0 spiro atoms. The third kappa shape index (κ3) is 2.95. The molecule has 3 N–H and O–H groups in total. The van der Waals surface area contributed by atoms with E-state index < -0.39 is 11.2 Å². The van der Waals surface area contributed by atoms with Crippen molar-refractivity contribution in [2.75, 3.05) is 38.6 Å². The summed E-state index contributed by atoms with van der Waals surface area (Å²) in [6.07, 6.45) is 1.39. The molecule has 2 rings (SSSR count). The molecular weight excluding hydrogens is 224 g/mol. The molecule has 1 fully saturated rings. The summed E-state index contributed by atoms with van der Waals surface area (Å²) in [5.74, 6) is 0. The second-order valence-electron chi connectivity index (χ2n) is 3.99. The number of hydrogen-bond donors (Lipinski definition) is 2. The number of nitrogen functional groups attached to an aromatic ring is 1. The minimum Gasteiger partial charge on any atom is -0.393 e. The van der Waals surface area contributed by atoms with E-state index in [9.17, 15) is 9.59 Å². The van der Waals surface area contributed by atoms with Gasteiger partial charge in [0.2, 0.25) is 0 Å². The van der Waals surface area contributed by atoms with E-state index in [0.717, 1.165) is 32.8 Å². The number of anilines is 1. The van der Waals surface area contributed by atoms with Crippen LogP contribution < -0.4 is 17.0 Å². The largest absolute Gasteiger partial charge is 0.393 e. The van der Waals surface area contributed by atoms with E-state index in [-0.39, 0.29) is 5.69 Å². The number of hydrogen-bond acceptors (Lipinski definition) is 5. The first-order valence-corrected chi connectivity index (χ1v) is 5.56. The van der Waals surface area contributed by atoms with Crippen molar-refractivity contribution in [3.63, 3.8) is 0 Å². The van der Waals surface area contributed by atoms with Crippen LogP contribution in [0.5, 0.6) is 0 Å². The van der Waals surface area contributed by atoms with Gasteiger partial charge in [0.1, 0.15) is 5.69 Å². The second-order valence-corrected chi connectivity index (χ2v) is 3.99. The van der Waals surface area contributed by atoms with Crippen molar-refractivity contribution < 1.29 is 4.74 Å². The summed E-state index contributed by atoms with van der Waals surface area (Å²) >= 11 is 0. The Balaban J connectivity index is 2.01. The van der Waals surface area contributed by atoms with Crippen molar-refractivity contribution in [2.45, 2.75) is 6.54 Å². The quantitative estimate of drug-likeness (QED) is 0.667. The molecular formula is C10H16N4O3. The Bertz CT molecular complexity index is 487. The van der Waals surface area contributed by atoms with Crippen molar-refractivity contribution >= 4 is 5.69 Å². The standard InChI is InChI=1S/C10H16N4O3/c11-8-7-14(10(16)12-9(8)15)2-1-13-3-5-17-6-4-13/h7H,1-6,11H2,(H,12,15,16). The fourth-order valence-corrected chi connectivity index (χ4v) is 1.77. The Kier molecular flexibility index (Phi) is 3.60. The van der Waals surface area contributed by atoms with Crippen LogP contribution in [0.25, 0.3) is 0 Å². The van der Waals surface area contributed by atoms with E-state index in [4.69, 9.17) is 10.5 Å². The Morgan fingerprint density at radius 3 is 2.71 bits per heavy atom. The fraction of sp³-hybridized carbons (Fsp3) is 0.600. The van der Waals surface area contributed by atoms with E-state index >= 15 is 0 Å². The summed E-state index contributed by atoms with van der Waals surface area (Å²) in [6.45, 7) is 4.45. The average molecular weight is 240 g/mol. The molecule has 1 aliphatic rings. The number of morpholine rings is 1. The lowest BCUT2D eigenvalue weighted by atomic mass is 10.4. The smallest absolute Gasteiger partial charge is 0.328 e. The maximum absolute atomic E-state index is 11.5. The van der Waals surface area contributed by atoms with Gasteiger partial charge in [0.25, 0.3) is 5.56 Å². The van der Waals surface area contributed by atoms with Crippen molar-refractivity contribution in [1.82, 2.24) is 14.5 Å². The number of rotatable bonds is 3. The van der Waals surface area contributed by atoms with Gasteiger partial charge >= 0.3 is 5.69 Å². The highest BCUT2D eigenvalue weighted by Gasteiger charge is 2.10. The molecule has 1 saturated heterocycles. The number of aromatic amines is 1. The molecule has 0 unspecified atom stereocenters. The van der Waals surface area contributed by atoms with Crippen molar-refractivity contribution in [2.24, 2.45) is 0 Å². The van der Waals surface area contributed by atoms with Gasteiger partial charge in [-0.05, 0) is 0 Å². The summed E-state index contributed by atoms with van der Waals surface area (Å²) in [6, 6.07) is 0. The molecule has 0 aromatic carbocycles. The predicted molar refractivity (Wildman–Crippen MR) is 63.0 cm³/mol. The van der Waals surface area contributed by atoms with Crippen LogP contribution in [0.3, 0.4) is 0 Å². The molecule has 2 heterocycles. The lowest BCUT2D eigenvalue weighted by molar-refractivity contribution is 0.0362. The number of ether oxygens (including phenoxy) is 1. The van der Waals surface area contributed by atoms with E-state index in [0.29, 0.717) is 6.54 Å². The summed E-state index contributed by atoms with van der Waals surface area (Å²) in [5.41, 5.74) is 4.57. The number of nitrogens with one attached hydrogen (secondary N) is 1. The van der Waals surface area contributed by atoms with Crippen molar-refractivity contribution in [3.05, 3.63) is 27.0 Å². The highest BCUT2D eigenvalue weighted by atomic mass is 16.5. The van der Waals surface area contributed by atoms with Gasteiger partial charge in [-0.15, -0.1) is 0 Å². The summed E-state index contributed by atoms with van der Waals surface area (Å²) in [5, 5.41) is 0. The first kappa shape index (κ1) is 11.9. The van der Waals surface area contributed by atoms with Crippen LogP contribution in [-0.2, 0) is 11.3 Å². The van der Waals surface area contributed by atoms with Crippen LogP contribution in [0.15, 0.2) is 15.8 Å². The summed E-state index contributed by atoms with van der Waals surface area (Å²) < 4.78 is 6.66. The van der Waals surface area contributed by atoms with Crippen LogP contribution >= 0.6 is 0 Å². The van der Waals surface area contributed by atoms with Gasteiger partial charge in [-0.3, -0.25) is 19.2 Å².